The van der Waals surface area contributed by atoms with Crippen LogP contribution in [-0.4, -0.2) is 44.5 Å². The Morgan fingerprint density at radius 3 is 2.38 bits per heavy atom. The van der Waals surface area contributed by atoms with Gasteiger partial charge in [-0.1, -0.05) is 12.1 Å². The molecular weight excluding hydrogens is 410 g/mol. The number of anilines is 2. The van der Waals surface area contributed by atoms with Crippen LogP contribution in [0.2, 0.25) is 0 Å². The molecule has 2 aromatic carbocycles. The molecule has 0 unspecified atom stereocenters. The average Bonchev–Trinajstić information content (AvgIpc) is 3.22. The summed E-state index contributed by atoms with van der Waals surface area (Å²) < 4.78 is 28.5. The predicted octanol–water partition coefficient (Wildman–Crippen LogP) is 3.40. The number of nitrogens with zero attached hydrogens (tertiary/aromatic N) is 1. The first kappa shape index (κ1) is 21.2. The highest BCUT2D eigenvalue weighted by Gasteiger charge is 2.24. The Labute approximate surface area is 174 Å². The molecule has 2 aromatic rings. The van der Waals surface area contributed by atoms with E-state index in [4.69, 9.17) is 0 Å². The van der Waals surface area contributed by atoms with E-state index in [-0.39, 0.29) is 22.4 Å². The SMILES string of the molecule is CSc1ccc(S(=O)(=O)Nc2ccccc2C(=O)N2CCCC2)cc1NC(C)=O. The Balaban J connectivity index is 1.92. The van der Waals surface area contributed by atoms with E-state index in [0.29, 0.717) is 24.3 Å². The Morgan fingerprint density at radius 2 is 1.72 bits per heavy atom. The van der Waals surface area contributed by atoms with Crippen molar-refractivity contribution in [2.24, 2.45) is 0 Å². The van der Waals surface area contributed by atoms with Gasteiger partial charge in [-0.25, -0.2) is 8.42 Å². The highest BCUT2D eigenvalue weighted by molar-refractivity contribution is 7.98. The van der Waals surface area contributed by atoms with Crippen LogP contribution in [0, 0.1) is 0 Å². The van der Waals surface area contributed by atoms with Crippen molar-refractivity contribution in [3.8, 4) is 0 Å². The van der Waals surface area contributed by atoms with Gasteiger partial charge in [0.2, 0.25) is 5.91 Å². The van der Waals surface area contributed by atoms with Crippen molar-refractivity contribution in [1.82, 2.24) is 4.90 Å². The van der Waals surface area contributed by atoms with Crippen LogP contribution < -0.4 is 10.0 Å². The zero-order chi connectivity index (χ0) is 21.0. The molecule has 0 bridgehead atoms. The second kappa shape index (κ2) is 8.87. The number of benzene rings is 2. The van der Waals surface area contributed by atoms with E-state index >= 15 is 0 Å². The van der Waals surface area contributed by atoms with Crippen molar-refractivity contribution in [3.05, 3.63) is 48.0 Å². The number of carbonyl (C=O) groups is 2. The zero-order valence-electron chi connectivity index (χ0n) is 16.3. The van der Waals surface area contributed by atoms with Gasteiger partial charge >= 0.3 is 0 Å². The van der Waals surface area contributed by atoms with E-state index in [1.165, 1.54) is 30.8 Å². The first-order chi connectivity index (χ1) is 13.8. The van der Waals surface area contributed by atoms with Crippen LogP contribution in [0.3, 0.4) is 0 Å². The molecule has 1 heterocycles. The van der Waals surface area contributed by atoms with E-state index in [1.54, 1.807) is 35.2 Å². The lowest BCUT2D eigenvalue weighted by atomic mass is 10.1. The molecule has 7 nitrogen and oxygen atoms in total. The molecule has 0 aromatic heterocycles. The fourth-order valence-corrected chi connectivity index (χ4v) is 4.83. The summed E-state index contributed by atoms with van der Waals surface area (Å²) in [5.41, 5.74) is 0.981. The van der Waals surface area contributed by atoms with Gasteiger partial charge in [0.05, 0.1) is 21.8 Å². The van der Waals surface area contributed by atoms with Crippen molar-refractivity contribution < 1.29 is 18.0 Å². The third kappa shape index (κ3) is 4.91. The van der Waals surface area contributed by atoms with Gasteiger partial charge in [-0.2, -0.15) is 0 Å². The number of likely N-dealkylation sites (tertiary alicyclic amines) is 1. The number of hydrogen-bond acceptors (Lipinski definition) is 5. The predicted molar refractivity (Wildman–Crippen MR) is 115 cm³/mol. The Kier molecular flexibility index (Phi) is 6.49. The summed E-state index contributed by atoms with van der Waals surface area (Å²) in [7, 11) is -3.96. The summed E-state index contributed by atoms with van der Waals surface area (Å²) in [6.07, 6.45) is 3.74. The summed E-state index contributed by atoms with van der Waals surface area (Å²) in [6.45, 7) is 2.72. The van der Waals surface area contributed by atoms with E-state index in [1.807, 2.05) is 6.26 Å². The monoisotopic (exact) mass is 433 g/mol. The maximum atomic E-state index is 13.0. The standard InChI is InChI=1S/C20H23N3O4S2/c1-14(24)21-18-13-15(9-10-19(18)28-2)29(26,27)22-17-8-4-3-7-16(17)20(25)23-11-5-6-12-23/h3-4,7-10,13,22H,5-6,11-12H2,1-2H3,(H,21,24). The van der Waals surface area contributed by atoms with E-state index < -0.39 is 10.0 Å². The number of thioether (sulfide) groups is 1. The minimum Gasteiger partial charge on any atom is -0.339 e. The molecule has 9 heteroatoms. The van der Waals surface area contributed by atoms with Crippen LogP contribution in [0.15, 0.2) is 52.3 Å². The minimum absolute atomic E-state index is 0.00229. The molecule has 0 radical (unpaired) electrons. The Hall–Kier alpha value is -2.52. The lowest BCUT2D eigenvalue weighted by Gasteiger charge is -2.18. The molecule has 1 saturated heterocycles. The van der Waals surface area contributed by atoms with Gasteiger partial charge < -0.3 is 10.2 Å². The van der Waals surface area contributed by atoms with Crippen LogP contribution in [0.5, 0.6) is 0 Å². The smallest absolute Gasteiger partial charge is 0.261 e. The Bertz CT molecular complexity index is 1030. The molecule has 2 N–H and O–H groups in total. The topological polar surface area (TPSA) is 95.6 Å². The maximum Gasteiger partial charge on any atom is 0.261 e. The van der Waals surface area contributed by atoms with Crippen LogP contribution in [-0.2, 0) is 14.8 Å². The number of rotatable bonds is 6. The minimum atomic E-state index is -3.96. The van der Waals surface area contributed by atoms with Crippen molar-refractivity contribution in [2.75, 3.05) is 29.4 Å². The Morgan fingerprint density at radius 1 is 1.03 bits per heavy atom. The first-order valence-corrected chi connectivity index (χ1v) is 11.9. The summed E-state index contributed by atoms with van der Waals surface area (Å²) in [4.78, 5) is 26.7. The van der Waals surface area contributed by atoms with E-state index in [9.17, 15) is 18.0 Å². The molecule has 0 atom stereocenters. The lowest BCUT2D eigenvalue weighted by molar-refractivity contribution is -0.114. The van der Waals surface area contributed by atoms with Gasteiger partial charge in [-0.3, -0.25) is 14.3 Å². The van der Waals surface area contributed by atoms with Gasteiger partial charge in [0.15, 0.2) is 0 Å². The first-order valence-electron chi connectivity index (χ1n) is 9.18. The summed E-state index contributed by atoms with van der Waals surface area (Å²) in [6, 6.07) is 11.1. The van der Waals surface area contributed by atoms with Crippen molar-refractivity contribution in [2.45, 2.75) is 29.6 Å². The molecule has 0 aliphatic carbocycles. The normalized spacial score (nSPS) is 13.9. The van der Waals surface area contributed by atoms with Crippen LogP contribution in [0.4, 0.5) is 11.4 Å². The highest BCUT2D eigenvalue weighted by atomic mass is 32.2. The molecule has 2 amide bonds. The summed E-state index contributed by atoms with van der Waals surface area (Å²) in [5, 5.41) is 2.65. The van der Waals surface area contributed by atoms with Crippen LogP contribution >= 0.6 is 11.8 Å². The van der Waals surface area contributed by atoms with Gasteiger partial charge in [-0.05, 0) is 49.4 Å². The van der Waals surface area contributed by atoms with Crippen molar-refractivity contribution in [1.29, 1.82) is 0 Å². The van der Waals surface area contributed by atoms with Crippen LogP contribution in [0.25, 0.3) is 0 Å². The second-order valence-electron chi connectivity index (χ2n) is 6.69. The lowest BCUT2D eigenvalue weighted by Crippen LogP contribution is -2.28. The van der Waals surface area contributed by atoms with Crippen molar-refractivity contribution >= 4 is 45.0 Å². The fourth-order valence-electron chi connectivity index (χ4n) is 3.19. The number of hydrogen-bond donors (Lipinski definition) is 2. The van der Waals surface area contributed by atoms with E-state index in [0.717, 1.165) is 17.7 Å². The molecule has 1 aliphatic heterocycles. The average molecular weight is 434 g/mol. The molecule has 1 aliphatic rings. The fraction of sp³-hybridized carbons (Fsp3) is 0.300. The van der Waals surface area contributed by atoms with E-state index in [2.05, 4.69) is 10.0 Å². The zero-order valence-corrected chi connectivity index (χ0v) is 17.9. The summed E-state index contributed by atoms with van der Waals surface area (Å²) in [5.74, 6) is -0.471. The van der Waals surface area contributed by atoms with Gasteiger partial charge in [0.25, 0.3) is 15.9 Å². The van der Waals surface area contributed by atoms with Gasteiger partial charge in [0, 0.05) is 24.9 Å². The number of para-hydroxylation sites is 1. The summed E-state index contributed by atoms with van der Waals surface area (Å²) >= 11 is 1.40. The number of sulfonamides is 1. The molecule has 0 spiro atoms. The quantitative estimate of drug-likeness (QED) is 0.681. The molecule has 29 heavy (non-hydrogen) atoms. The van der Waals surface area contributed by atoms with Crippen molar-refractivity contribution in [3.63, 3.8) is 0 Å². The largest absolute Gasteiger partial charge is 0.339 e. The molecule has 154 valence electrons. The number of amides is 2. The highest BCUT2D eigenvalue weighted by Crippen LogP contribution is 2.30. The second-order valence-corrected chi connectivity index (χ2v) is 9.22. The number of carbonyl (C=O) groups excluding carboxylic acids is 2. The number of nitrogens with one attached hydrogen (secondary N) is 2. The van der Waals surface area contributed by atoms with Gasteiger partial charge in [-0.15, -0.1) is 11.8 Å². The van der Waals surface area contributed by atoms with Crippen LogP contribution in [0.1, 0.15) is 30.1 Å². The molecule has 0 saturated carbocycles. The molecule has 1 fully saturated rings. The van der Waals surface area contributed by atoms with Gasteiger partial charge in [0.1, 0.15) is 0 Å². The molecule has 3 rings (SSSR count). The third-order valence-electron chi connectivity index (χ3n) is 4.59. The molecular formula is C20H23N3O4S2. The maximum absolute atomic E-state index is 13.0. The third-order valence-corrected chi connectivity index (χ3v) is 6.75.